The molecule has 0 spiro atoms. The molecule has 0 fully saturated rings. The van der Waals surface area contributed by atoms with E-state index in [1.54, 1.807) is 31.2 Å². The number of carbonyl (C=O) groups is 2. The number of carboxylic acids is 1. The zero-order valence-electron chi connectivity index (χ0n) is 11.8. The number of aliphatic carboxylic acids is 1. The second-order valence-electron chi connectivity index (χ2n) is 4.68. The molecule has 2 N–H and O–H groups in total. The molecule has 1 atom stereocenters. The minimum atomic E-state index is -4.33. The molecular formula is C14H16F3NO3S. The molecule has 0 bridgehead atoms. The van der Waals surface area contributed by atoms with Crippen LogP contribution in [0.3, 0.4) is 0 Å². The standard InChI is InChI=1S/C14H16F3NO3S/c1-9-4-2-3-5-10(9)11(6-13(20)21)18-12(19)7-22-8-14(15,16)17/h2-5,11H,6-8H2,1H3,(H,18,19)(H,20,21). The maximum absolute atomic E-state index is 12.0. The zero-order valence-corrected chi connectivity index (χ0v) is 12.6. The third-order valence-electron chi connectivity index (χ3n) is 2.78. The van der Waals surface area contributed by atoms with Crippen molar-refractivity contribution in [1.82, 2.24) is 5.32 Å². The van der Waals surface area contributed by atoms with E-state index in [4.69, 9.17) is 5.11 Å². The van der Waals surface area contributed by atoms with Gasteiger partial charge in [-0.15, -0.1) is 11.8 Å². The van der Waals surface area contributed by atoms with E-state index in [2.05, 4.69) is 5.32 Å². The minimum Gasteiger partial charge on any atom is -0.481 e. The molecule has 0 aliphatic carbocycles. The van der Waals surface area contributed by atoms with Gasteiger partial charge in [-0.05, 0) is 18.1 Å². The Morgan fingerprint density at radius 3 is 2.50 bits per heavy atom. The summed E-state index contributed by atoms with van der Waals surface area (Å²) in [4.78, 5) is 22.6. The van der Waals surface area contributed by atoms with E-state index in [0.717, 1.165) is 5.56 Å². The quantitative estimate of drug-likeness (QED) is 0.804. The molecule has 22 heavy (non-hydrogen) atoms. The fraction of sp³-hybridized carbons (Fsp3) is 0.429. The largest absolute Gasteiger partial charge is 0.481 e. The van der Waals surface area contributed by atoms with E-state index in [1.165, 1.54) is 0 Å². The zero-order chi connectivity index (χ0) is 16.8. The summed E-state index contributed by atoms with van der Waals surface area (Å²) < 4.78 is 36.1. The average molecular weight is 335 g/mol. The van der Waals surface area contributed by atoms with Crippen LogP contribution in [0.4, 0.5) is 13.2 Å². The van der Waals surface area contributed by atoms with E-state index in [9.17, 15) is 22.8 Å². The SMILES string of the molecule is Cc1ccccc1C(CC(=O)O)NC(=O)CSCC(F)(F)F. The number of aryl methyl sites for hydroxylation is 1. The summed E-state index contributed by atoms with van der Waals surface area (Å²) in [7, 11) is 0. The first-order valence-electron chi connectivity index (χ1n) is 6.40. The molecule has 8 heteroatoms. The lowest BCUT2D eigenvalue weighted by atomic mass is 9.99. The van der Waals surface area contributed by atoms with Crippen molar-refractivity contribution >= 4 is 23.6 Å². The Morgan fingerprint density at radius 2 is 1.95 bits per heavy atom. The van der Waals surface area contributed by atoms with Crippen molar-refractivity contribution < 1.29 is 27.9 Å². The van der Waals surface area contributed by atoms with Gasteiger partial charge in [0.15, 0.2) is 0 Å². The van der Waals surface area contributed by atoms with Crippen molar-refractivity contribution in [3.8, 4) is 0 Å². The lowest BCUT2D eigenvalue weighted by Crippen LogP contribution is -2.32. The van der Waals surface area contributed by atoms with Crippen LogP contribution < -0.4 is 5.32 Å². The Hall–Kier alpha value is -1.70. The molecule has 0 aromatic heterocycles. The Balaban J connectivity index is 2.68. The van der Waals surface area contributed by atoms with Crippen LogP contribution in [0, 0.1) is 6.92 Å². The number of alkyl halides is 3. The summed E-state index contributed by atoms with van der Waals surface area (Å²) in [6.45, 7) is 1.77. The van der Waals surface area contributed by atoms with Gasteiger partial charge in [-0.2, -0.15) is 13.2 Å². The Kier molecular flexibility index (Phi) is 6.73. The number of carboxylic acid groups (broad SMARTS) is 1. The minimum absolute atomic E-state index is 0.333. The van der Waals surface area contributed by atoms with Gasteiger partial charge < -0.3 is 10.4 Å². The van der Waals surface area contributed by atoms with Crippen molar-refractivity contribution in [3.05, 3.63) is 35.4 Å². The second kappa shape index (κ2) is 8.07. The normalized spacial score (nSPS) is 12.7. The molecule has 1 unspecified atom stereocenters. The summed E-state index contributed by atoms with van der Waals surface area (Å²) in [5.74, 6) is -3.21. The molecule has 0 radical (unpaired) electrons. The monoisotopic (exact) mass is 335 g/mol. The van der Waals surface area contributed by atoms with E-state index in [-0.39, 0.29) is 12.2 Å². The highest BCUT2D eigenvalue weighted by molar-refractivity contribution is 8.00. The van der Waals surface area contributed by atoms with E-state index in [0.29, 0.717) is 17.3 Å². The molecule has 1 amide bonds. The summed E-state index contributed by atoms with van der Waals surface area (Å²) in [6, 6.07) is 6.18. The molecular weight excluding hydrogens is 319 g/mol. The first kappa shape index (κ1) is 18.3. The van der Waals surface area contributed by atoms with Crippen molar-refractivity contribution in [2.45, 2.75) is 25.6 Å². The Morgan fingerprint density at radius 1 is 1.32 bits per heavy atom. The van der Waals surface area contributed by atoms with Crippen LogP contribution in [0.5, 0.6) is 0 Å². The Labute approximate surface area is 130 Å². The van der Waals surface area contributed by atoms with Crippen molar-refractivity contribution in [2.75, 3.05) is 11.5 Å². The van der Waals surface area contributed by atoms with Crippen molar-refractivity contribution in [3.63, 3.8) is 0 Å². The van der Waals surface area contributed by atoms with Crippen LogP contribution >= 0.6 is 11.8 Å². The number of rotatable bonds is 7. The van der Waals surface area contributed by atoms with Gasteiger partial charge >= 0.3 is 12.1 Å². The van der Waals surface area contributed by atoms with Gasteiger partial charge in [-0.3, -0.25) is 9.59 Å². The van der Waals surface area contributed by atoms with Crippen LogP contribution in [-0.4, -0.2) is 34.7 Å². The summed E-state index contributed by atoms with van der Waals surface area (Å²) >= 11 is 0.444. The fourth-order valence-corrected chi connectivity index (χ4v) is 2.49. The maximum atomic E-state index is 12.0. The van der Waals surface area contributed by atoms with E-state index < -0.39 is 29.8 Å². The molecule has 0 saturated heterocycles. The fourth-order valence-electron chi connectivity index (χ4n) is 1.89. The smallest absolute Gasteiger partial charge is 0.397 e. The summed E-state index contributed by atoms with van der Waals surface area (Å²) in [5, 5.41) is 11.4. The molecule has 4 nitrogen and oxygen atoms in total. The summed E-state index contributed by atoms with van der Waals surface area (Å²) in [5.41, 5.74) is 1.44. The van der Waals surface area contributed by atoms with Crippen molar-refractivity contribution in [1.29, 1.82) is 0 Å². The molecule has 0 aliphatic heterocycles. The number of hydrogen-bond acceptors (Lipinski definition) is 3. The molecule has 1 rings (SSSR count). The molecule has 0 aliphatic rings. The van der Waals surface area contributed by atoms with Gasteiger partial charge in [0.25, 0.3) is 0 Å². The molecule has 0 heterocycles. The van der Waals surface area contributed by atoms with Crippen LogP contribution in [0.15, 0.2) is 24.3 Å². The lowest BCUT2D eigenvalue weighted by molar-refractivity contribution is -0.137. The highest BCUT2D eigenvalue weighted by Crippen LogP contribution is 2.23. The molecule has 1 aromatic rings. The highest BCUT2D eigenvalue weighted by Gasteiger charge is 2.27. The predicted molar refractivity (Wildman–Crippen MR) is 77.7 cm³/mol. The third kappa shape index (κ3) is 6.84. The van der Waals surface area contributed by atoms with Gasteiger partial charge in [0.1, 0.15) is 0 Å². The Bertz CT molecular complexity index is 534. The van der Waals surface area contributed by atoms with Crippen LogP contribution in [0.1, 0.15) is 23.6 Å². The molecule has 122 valence electrons. The van der Waals surface area contributed by atoms with Gasteiger partial charge in [0.05, 0.1) is 24.0 Å². The van der Waals surface area contributed by atoms with E-state index >= 15 is 0 Å². The van der Waals surface area contributed by atoms with Crippen LogP contribution in [0.25, 0.3) is 0 Å². The van der Waals surface area contributed by atoms with Crippen molar-refractivity contribution in [2.24, 2.45) is 0 Å². The third-order valence-corrected chi connectivity index (χ3v) is 3.77. The first-order chi connectivity index (χ1) is 10.2. The van der Waals surface area contributed by atoms with Gasteiger partial charge in [0.2, 0.25) is 5.91 Å². The second-order valence-corrected chi connectivity index (χ2v) is 5.67. The lowest BCUT2D eigenvalue weighted by Gasteiger charge is -2.19. The van der Waals surface area contributed by atoms with Gasteiger partial charge in [-0.1, -0.05) is 24.3 Å². The summed E-state index contributed by atoms with van der Waals surface area (Å²) in [6.07, 6.45) is -4.66. The number of thioether (sulfide) groups is 1. The topological polar surface area (TPSA) is 66.4 Å². The molecule has 1 aromatic carbocycles. The van der Waals surface area contributed by atoms with Crippen LogP contribution in [0.2, 0.25) is 0 Å². The number of hydrogen-bond donors (Lipinski definition) is 2. The van der Waals surface area contributed by atoms with E-state index in [1.807, 2.05) is 0 Å². The number of carbonyl (C=O) groups excluding carboxylic acids is 1. The highest BCUT2D eigenvalue weighted by atomic mass is 32.2. The maximum Gasteiger partial charge on any atom is 0.397 e. The van der Waals surface area contributed by atoms with Gasteiger partial charge in [0, 0.05) is 0 Å². The first-order valence-corrected chi connectivity index (χ1v) is 7.55. The predicted octanol–water partition coefficient (Wildman–Crippen LogP) is 2.92. The van der Waals surface area contributed by atoms with Crippen LogP contribution in [-0.2, 0) is 9.59 Å². The number of nitrogens with one attached hydrogen (secondary N) is 1. The average Bonchev–Trinajstić information content (AvgIpc) is 2.36. The number of benzene rings is 1. The number of halogens is 3. The van der Waals surface area contributed by atoms with Gasteiger partial charge in [-0.25, -0.2) is 0 Å². The molecule has 0 saturated carbocycles. The number of amides is 1.